The minimum Gasteiger partial charge on any atom is -0.462 e. The van der Waals surface area contributed by atoms with Crippen LogP contribution in [0, 0.1) is 5.41 Å². The Labute approximate surface area is 199 Å². The van der Waals surface area contributed by atoms with E-state index in [1.54, 1.807) is 12.1 Å². The topological polar surface area (TPSA) is 60.8 Å². The highest BCUT2D eigenvalue weighted by Gasteiger charge is 2.29. The summed E-state index contributed by atoms with van der Waals surface area (Å²) in [6, 6.07) is 7.19. The molecule has 3 aromatic rings. The van der Waals surface area contributed by atoms with Crippen LogP contribution in [0.15, 0.2) is 44.2 Å². The van der Waals surface area contributed by atoms with Gasteiger partial charge in [0.15, 0.2) is 11.0 Å². The van der Waals surface area contributed by atoms with Crippen molar-refractivity contribution in [2.24, 2.45) is 5.41 Å². The van der Waals surface area contributed by atoms with Crippen LogP contribution in [0.2, 0.25) is 10.0 Å². The van der Waals surface area contributed by atoms with Gasteiger partial charge < -0.3 is 9.73 Å². The summed E-state index contributed by atoms with van der Waals surface area (Å²) in [5.74, 6) is 0. The van der Waals surface area contributed by atoms with Crippen molar-refractivity contribution < 1.29 is 4.42 Å². The van der Waals surface area contributed by atoms with Crippen LogP contribution in [0.1, 0.15) is 26.3 Å². The lowest BCUT2D eigenvalue weighted by Crippen LogP contribution is -2.45. The van der Waals surface area contributed by atoms with Crippen molar-refractivity contribution in [1.29, 1.82) is 0 Å². The van der Waals surface area contributed by atoms with Gasteiger partial charge in [-0.15, -0.1) is 5.53 Å². The Morgan fingerprint density at radius 1 is 1.23 bits per heavy atom. The van der Waals surface area contributed by atoms with E-state index in [0.29, 0.717) is 33.1 Å². The van der Waals surface area contributed by atoms with Gasteiger partial charge >= 0.3 is 0 Å². The van der Waals surface area contributed by atoms with Crippen molar-refractivity contribution in [3.8, 4) is 0 Å². The second kappa shape index (κ2) is 8.20. The first-order chi connectivity index (χ1) is 14.5. The normalized spacial score (nSPS) is 13.8. The van der Waals surface area contributed by atoms with Crippen LogP contribution in [-0.4, -0.2) is 13.6 Å². The van der Waals surface area contributed by atoms with Crippen molar-refractivity contribution >= 4 is 67.2 Å². The van der Waals surface area contributed by atoms with E-state index >= 15 is 0 Å². The number of rotatable bonds is 4. The number of hydrogen-bond donors (Lipinski definition) is 2. The van der Waals surface area contributed by atoms with Crippen molar-refractivity contribution in [1.82, 2.24) is 5.53 Å². The largest absolute Gasteiger partial charge is 0.462 e. The smallest absolute Gasteiger partial charge is 0.197 e. The first-order valence-electron chi connectivity index (χ1n) is 9.78. The predicted octanol–water partition coefficient (Wildman–Crippen LogP) is 6.20. The number of nitrogens with zero attached hydrogens (tertiary/aromatic N) is 2. The molecule has 1 aliphatic heterocycles. The summed E-state index contributed by atoms with van der Waals surface area (Å²) < 4.78 is 6.52. The molecule has 0 atom stereocenters. The molecule has 6 nitrogen and oxygen atoms in total. The van der Waals surface area contributed by atoms with Crippen molar-refractivity contribution in [3.05, 3.63) is 60.8 Å². The molecule has 4 rings (SSSR count). The fourth-order valence-electron chi connectivity index (χ4n) is 3.63. The van der Waals surface area contributed by atoms with Crippen LogP contribution in [0.5, 0.6) is 0 Å². The number of benzene rings is 2. The third-order valence-corrected chi connectivity index (χ3v) is 6.26. The maximum absolute atomic E-state index is 12.9. The summed E-state index contributed by atoms with van der Waals surface area (Å²) in [7, 11) is 1.97. The van der Waals surface area contributed by atoms with E-state index < -0.39 is 0 Å². The molecule has 0 aliphatic carbocycles. The molecular formula is C22H23BrCl2N4O2. The zero-order valence-corrected chi connectivity index (χ0v) is 20.7. The molecule has 1 aromatic heterocycles. The Balaban J connectivity index is 1.61. The Morgan fingerprint density at radius 3 is 2.68 bits per heavy atom. The lowest BCUT2D eigenvalue weighted by atomic mass is 9.96. The number of nitrogens with one attached hydrogen (secondary N) is 2. The molecule has 2 heterocycles. The van der Waals surface area contributed by atoms with E-state index in [-0.39, 0.29) is 10.8 Å². The van der Waals surface area contributed by atoms with E-state index in [4.69, 9.17) is 27.6 Å². The number of hydrogen-bond acceptors (Lipinski definition) is 6. The number of anilines is 3. The van der Waals surface area contributed by atoms with Crippen LogP contribution >= 0.6 is 39.1 Å². The Hall–Kier alpha value is -1.93. The van der Waals surface area contributed by atoms with Crippen LogP contribution in [0.25, 0.3) is 11.0 Å². The van der Waals surface area contributed by atoms with Gasteiger partial charge in [0.1, 0.15) is 6.26 Å². The fraction of sp³-hybridized carbons (Fsp3) is 0.318. The van der Waals surface area contributed by atoms with Gasteiger partial charge in [-0.2, -0.15) is 0 Å². The number of halogens is 3. The molecule has 2 aromatic carbocycles. The van der Waals surface area contributed by atoms with Gasteiger partial charge in [-0.25, -0.2) is 0 Å². The minimum absolute atomic E-state index is 0.134. The average molecular weight is 526 g/mol. The zero-order chi connectivity index (χ0) is 22.5. The lowest BCUT2D eigenvalue weighted by Gasteiger charge is -2.28. The summed E-state index contributed by atoms with van der Waals surface area (Å²) in [4.78, 5) is 12.9. The minimum atomic E-state index is -0.162. The van der Waals surface area contributed by atoms with Crippen molar-refractivity contribution in [3.63, 3.8) is 0 Å². The van der Waals surface area contributed by atoms with Crippen LogP contribution in [0.3, 0.4) is 0 Å². The third-order valence-electron chi connectivity index (χ3n) is 4.96. The standard InChI is InChI=1S/C22H23BrCl2N4O2/c1-22(2,3)11-29-17-6-5-16(18(23)19(17)28(4)27-29)26-9-12-10-31-21-14(20(12)30)7-13(24)8-15(21)25/h5-8,10,26-27H,9,11H2,1-4H3. The van der Waals surface area contributed by atoms with E-state index in [1.165, 1.54) is 6.26 Å². The summed E-state index contributed by atoms with van der Waals surface area (Å²) in [5, 5.41) is 8.52. The van der Waals surface area contributed by atoms with Gasteiger partial charge in [-0.1, -0.05) is 44.0 Å². The molecular weight excluding hydrogens is 503 g/mol. The second-order valence-corrected chi connectivity index (χ2v) is 10.4. The summed E-state index contributed by atoms with van der Waals surface area (Å²) in [6.07, 6.45) is 1.44. The van der Waals surface area contributed by atoms with Gasteiger partial charge in [0, 0.05) is 25.2 Å². The first kappa shape index (κ1) is 22.3. The second-order valence-electron chi connectivity index (χ2n) is 8.81. The fourth-order valence-corrected chi connectivity index (χ4v) is 4.90. The van der Waals surface area contributed by atoms with E-state index in [0.717, 1.165) is 28.1 Å². The quantitative estimate of drug-likeness (QED) is 0.423. The number of hydrazine groups is 2. The number of fused-ring (bicyclic) bond motifs is 2. The van der Waals surface area contributed by atoms with Crippen LogP contribution in [0.4, 0.5) is 17.1 Å². The summed E-state index contributed by atoms with van der Waals surface area (Å²) in [6.45, 7) is 7.75. The molecule has 0 spiro atoms. The highest BCUT2D eigenvalue weighted by Crippen LogP contribution is 2.43. The first-order valence-corrected chi connectivity index (χ1v) is 11.3. The highest BCUT2D eigenvalue weighted by atomic mass is 79.9. The average Bonchev–Trinajstić information content (AvgIpc) is 2.97. The molecule has 31 heavy (non-hydrogen) atoms. The van der Waals surface area contributed by atoms with Gasteiger partial charge in [0.2, 0.25) is 0 Å². The Morgan fingerprint density at radius 2 is 1.97 bits per heavy atom. The van der Waals surface area contributed by atoms with E-state index in [9.17, 15) is 4.79 Å². The highest BCUT2D eigenvalue weighted by molar-refractivity contribution is 9.10. The maximum Gasteiger partial charge on any atom is 0.197 e. The SMILES string of the molecule is CN1NN(CC(C)(C)C)c2ccc(NCc3coc4c(Cl)cc(Cl)cc4c3=O)c(Br)c21. The molecule has 0 amide bonds. The van der Waals surface area contributed by atoms with E-state index in [2.05, 4.69) is 58.6 Å². The van der Waals surface area contributed by atoms with Crippen molar-refractivity contribution in [2.45, 2.75) is 27.3 Å². The molecule has 2 N–H and O–H groups in total. The van der Waals surface area contributed by atoms with E-state index in [1.807, 2.05) is 18.1 Å². The Bertz CT molecular complexity index is 1220. The van der Waals surface area contributed by atoms with Crippen LogP contribution < -0.4 is 26.3 Å². The molecule has 164 valence electrons. The molecule has 1 aliphatic rings. The predicted molar refractivity (Wildman–Crippen MR) is 132 cm³/mol. The Kier molecular flexibility index (Phi) is 5.89. The van der Waals surface area contributed by atoms with Gasteiger partial charge in [0.25, 0.3) is 0 Å². The molecule has 0 radical (unpaired) electrons. The monoisotopic (exact) mass is 524 g/mol. The molecule has 0 fully saturated rings. The van der Waals surface area contributed by atoms with Gasteiger partial charge in [0.05, 0.1) is 37.5 Å². The van der Waals surface area contributed by atoms with Gasteiger partial charge in [-0.3, -0.25) is 14.8 Å². The zero-order valence-electron chi connectivity index (χ0n) is 17.6. The molecule has 0 bridgehead atoms. The molecule has 0 unspecified atom stereocenters. The van der Waals surface area contributed by atoms with Gasteiger partial charge in [-0.05, 0) is 45.6 Å². The van der Waals surface area contributed by atoms with Crippen molar-refractivity contribution in [2.75, 3.05) is 28.9 Å². The lowest BCUT2D eigenvalue weighted by molar-refractivity contribution is 0.394. The molecule has 9 heteroatoms. The summed E-state index contributed by atoms with van der Waals surface area (Å²) >= 11 is 15.9. The van der Waals surface area contributed by atoms with Crippen LogP contribution in [-0.2, 0) is 6.54 Å². The maximum atomic E-state index is 12.9. The third kappa shape index (κ3) is 4.37. The molecule has 0 saturated heterocycles. The molecule has 0 saturated carbocycles. The summed E-state index contributed by atoms with van der Waals surface area (Å²) in [5.41, 5.74) is 7.15.